The molecule has 0 aliphatic heterocycles. The van der Waals surface area contributed by atoms with Crippen LogP contribution in [0.4, 0.5) is 0 Å². The molecule has 0 N–H and O–H groups in total. The van der Waals surface area contributed by atoms with Gasteiger partial charge in [0.2, 0.25) is 0 Å². The molecule has 0 aromatic carbocycles. The summed E-state index contributed by atoms with van der Waals surface area (Å²) in [7, 11) is 0. The van der Waals surface area contributed by atoms with Crippen molar-refractivity contribution in [3.05, 3.63) is 0 Å². The van der Waals surface area contributed by atoms with Crippen LogP contribution < -0.4 is 0 Å². The normalized spacial score (nSPS) is 28.3. The molecule has 0 atom stereocenters. The minimum absolute atomic E-state index is 0.0133. The summed E-state index contributed by atoms with van der Waals surface area (Å²) in [4.78, 5) is 25.7. The summed E-state index contributed by atoms with van der Waals surface area (Å²) in [6.45, 7) is 6.21. The molecule has 0 aromatic heterocycles. The van der Waals surface area contributed by atoms with Gasteiger partial charge in [-0.25, -0.2) is 0 Å². The highest BCUT2D eigenvalue weighted by Gasteiger charge is 2.33. The molecule has 244 valence electrons. The van der Waals surface area contributed by atoms with Gasteiger partial charge in [-0.15, -0.1) is 0 Å². The zero-order valence-electron chi connectivity index (χ0n) is 27.3. The predicted molar refractivity (Wildman–Crippen MR) is 168 cm³/mol. The number of hydrogen-bond acceptors (Lipinski definition) is 6. The summed E-state index contributed by atoms with van der Waals surface area (Å²) in [6.07, 6.45) is 26.5. The Balaban J connectivity index is 1.19. The van der Waals surface area contributed by atoms with Crippen molar-refractivity contribution in [3.63, 3.8) is 0 Å². The SMILES string of the molecule is CCCCCCCCOC1CCC(C(=O)OC2CCC(OC(=O)C3CCC(OCCCCCCCC)CC3)CC2)CC1. The number of rotatable bonds is 20. The van der Waals surface area contributed by atoms with Crippen molar-refractivity contribution >= 4 is 11.9 Å². The van der Waals surface area contributed by atoms with Crippen LogP contribution in [0.3, 0.4) is 0 Å². The Morgan fingerprint density at radius 2 is 0.738 bits per heavy atom. The van der Waals surface area contributed by atoms with E-state index in [2.05, 4.69) is 13.8 Å². The van der Waals surface area contributed by atoms with Gasteiger partial charge in [-0.3, -0.25) is 9.59 Å². The lowest BCUT2D eigenvalue weighted by atomic mass is 9.87. The summed E-state index contributed by atoms with van der Waals surface area (Å²) in [5, 5.41) is 0. The van der Waals surface area contributed by atoms with Crippen molar-refractivity contribution in [2.75, 3.05) is 13.2 Å². The molecule has 3 fully saturated rings. The molecule has 0 aromatic rings. The monoisotopic (exact) mass is 592 g/mol. The molecular weight excluding hydrogens is 528 g/mol. The molecule has 3 aliphatic carbocycles. The summed E-state index contributed by atoms with van der Waals surface area (Å²) in [5.41, 5.74) is 0. The Bertz CT molecular complexity index is 642. The largest absolute Gasteiger partial charge is 0.462 e. The van der Waals surface area contributed by atoms with Crippen molar-refractivity contribution in [2.45, 2.75) is 192 Å². The highest BCUT2D eigenvalue weighted by molar-refractivity contribution is 5.73. The van der Waals surface area contributed by atoms with Crippen LogP contribution in [-0.4, -0.2) is 49.6 Å². The van der Waals surface area contributed by atoms with E-state index in [1.54, 1.807) is 0 Å². The van der Waals surface area contributed by atoms with Crippen LogP contribution in [0.15, 0.2) is 0 Å². The van der Waals surface area contributed by atoms with Crippen LogP contribution in [0, 0.1) is 11.8 Å². The van der Waals surface area contributed by atoms with Gasteiger partial charge in [0, 0.05) is 13.2 Å². The molecule has 0 saturated heterocycles. The summed E-state index contributed by atoms with van der Waals surface area (Å²) in [5.74, 6) is -0.0284. The van der Waals surface area contributed by atoms with E-state index in [1.807, 2.05) is 0 Å². The smallest absolute Gasteiger partial charge is 0.309 e. The quantitative estimate of drug-likeness (QED) is 0.104. The second-order valence-electron chi connectivity index (χ2n) is 13.5. The molecule has 3 aliphatic rings. The van der Waals surface area contributed by atoms with Crippen LogP contribution in [0.2, 0.25) is 0 Å². The highest BCUT2D eigenvalue weighted by atomic mass is 16.6. The van der Waals surface area contributed by atoms with E-state index < -0.39 is 0 Å². The lowest BCUT2D eigenvalue weighted by Crippen LogP contribution is -2.35. The Morgan fingerprint density at radius 3 is 1.10 bits per heavy atom. The standard InChI is InChI=1S/C36H64O6/c1-3-5-7-9-11-13-27-39-31-19-15-29(16-20-31)35(37)41-33-23-25-34(26-24-33)42-36(38)30-17-21-32(22-18-30)40-28-14-12-10-8-6-4-2/h29-34H,3-28H2,1-2H3. The predicted octanol–water partition coefficient (Wildman–Crippen LogP) is 9.26. The average molecular weight is 593 g/mol. The Hall–Kier alpha value is -1.14. The minimum atomic E-state index is -0.0339. The van der Waals surface area contributed by atoms with Crippen molar-refractivity contribution in [3.8, 4) is 0 Å². The van der Waals surface area contributed by atoms with Gasteiger partial charge >= 0.3 is 11.9 Å². The Morgan fingerprint density at radius 1 is 0.429 bits per heavy atom. The number of ether oxygens (including phenoxy) is 4. The van der Waals surface area contributed by atoms with Gasteiger partial charge in [-0.1, -0.05) is 78.1 Å². The van der Waals surface area contributed by atoms with Crippen molar-refractivity contribution in [1.29, 1.82) is 0 Å². The van der Waals surface area contributed by atoms with Gasteiger partial charge in [0.05, 0.1) is 24.0 Å². The van der Waals surface area contributed by atoms with Gasteiger partial charge in [0.1, 0.15) is 12.2 Å². The number of esters is 2. The molecule has 0 bridgehead atoms. The maximum atomic E-state index is 12.8. The molecule has 0 spiro atoms. The second kappa shape index (κ2) is 21.5. The zero-order valence-corrected chi connectivity index (χ0v) is 27.3. The van der Waals surface area contributed by atoms with Gasteiger partial charge in [0.25, 0.3) is 0 Å². The van der Waals surface area contributed by atoms with Crippen molar-refractivity contribution in [1.82, 2.24) is 0 Å². The minimum Gasteiger partial charge on any atom is -0.462 e. The van der Waals surface area contributed by atoms with Crippen LogP contribution >= 0.6 is 0 Å². The van der Waals surface area contributed by atoms with Gasteiger partial charge < -0.3 is 18.9 Å². The molecule has 42 heavy (non-hydrogen) atoms. The Kier molecular flexibility index (Phi) is 18.1. The molecule has 6 nitrogen and oxygen atoms in total. The van der Waals surface area contributed by atoms with Gasteiger partial charge in [-0.05, 0) is 89.9 Å². The molecule has 3 saturated carbocycles. The topological polar surface area (TPSA) is 71.1 Å². The number of unbranched alkanes of at least 4 members (excludes halogenated alkanes) is 10. The fourth-order valence-electron chi connectivity index (χ4n) is 6.98. The molecule has 0 unspecified atom stereocenters. The number of carbonyl (C=O) groups excluding carboxylic acids is 2. The molecule has 0 amide bonds. The van der Waals surface area contributed by atoms with Crippen LogP contribution in [0.25, 0.3) is 0 Å². The van der Waals surface area contributed by atoms with Crippen LogP contribution in [0.1, 0.15) is 168 Å². The van der Waals surface area contributed by atoms with E-state index in [0.29, 0.717) is 12.2 Å². The molecule has 0 radical (unpaired) electrons. The lowest BCUT2D eigenvalue weighted by molar-refractivity contribution is -0.165. The number of carbonyl (C=O) groups is 2. The lowest BCUT2D eigenvalue weighted by Gasteiger charge is -2.32. The maximum Gasteiger partial charge on any atom is 0.309 e. The first kappa shape index (κ1) is 35.3. The van der Waals surface area contributed by atoms with Crippen molar-refractivity contribution in [2.24, 2.45) is 11.8 Å². The first-order valence-electron chi connectivity index (χ1n) is 18.2. The van der Waals surface area contributed by atoms with Crippen LogP contribution in [-0.2, 0) is 28.5 Å². The van der Waals surface area contributed by atoms with Crippen LogP contribution in [0.5, 0.6) is 0 Å². The summed E-state index contributed by atoms with van der Waals surface area (Å²) in [6, 6.07) is 0. The molecule has 3 rings (SSSR count). The molecule has 6 heteroatoms. The third-order valence-electron chi connectivity index (χ3n) is 9.90. The first-order chi connectivity index (χ1) is 20.6. The first-order valence-corrected chi connectivity index (χ1v) is 18.2. The summed E-state index contributed by atoms with van der Waals surface area (Å²) >= 11 is 0. The fraction of sp³-hybridized carbons (Fsp3) is 0.944. The maximum absolute atomic E-state index is 12.8. The van der Waals surface area contributed by atoms with E-state index in [0.717, 1.165) is 103 Å². The second-order valence-corrected chi connectivity index (χ2v) is 13.5. The Labute approximate surface area is 257 Å². The zero-order chi connectivity index (χ0) is 29.8. The van der Waals surface area contributed by atoms with E-state index in [1.165, 1.54) is 64.2 Å². The highest BCUT2D eigenvalue weighted by Crippen LogP contribution is 2.32. The fourth-order valence-corrected chi connectivity index (χ4v) is 6.98. The third kappa shape index (κ3) is 14.1. The van der Waals surface area contributed by atoms with Gasteiger partial charge in [-0.2, -0.15) is 0 Å². The van der Waals surface area contributed by atoms with E-state index in [4.69, 9.17) is 18.9 Å². The summed E-state index contributed by atoms with van der Waals surface area (Å²) < 4.78 is 24.0. The van der Waals surface area contributed by atoms with Crippen molar-refractivity contribution < 1.29 is 28.5 Å². The molecular formula is C36H64O6. The van der Waals surface area contributed by atoms with E-state index >= 15 is 0 Å². The molecule has 0 heterocycles. The average Bonchev–Trinajstić information content (AvgIpc) is 3.01. The van der Waals surface area contributed by atoms with E-state index in [-0.39, 0.29) is 36.0 Å². The van der Waals surface area contributed by atoms with Gasteiger partial charge in [0.15, 0.2) is 0 Å². The third-order valence-corrected chi connectivity index (χ3v) is 9.90. The number of hydrogen-bond donors (Lipinski definition) is 0. The van der Waals surface area contributed by atoms with E-state index in [9.17, 15) is 9.59 Å².